The van der Waals surface area contributed by atoms with Crippen molar-refractivity contribution in [2.24, 2.45) is 0 Å². The van der Waals surface area contributed by atoms with Gasteiger partial charge in [0.05, 0.1) is 11.4 Å². The van der Waals surface area contributed by atoms with Crippen molar-refractivity contribution in [3.8, 4) is 5.75 Å². The second-order valence-electron chi connectivity index (χ2n) is 4.37. The number of nitrogen functional groups attached to an aromatic ring is 1. The molecule has 2 rings (SSSR count). The summed E-state index contributed by atoms with van der Waals surface area (Å²) in [6.45, 7) is 0.397. The van der Waals surface area contributed by atoms with Gasteiger partial charge in [0, 0.05) is 36.5 Å². The summed E-state index contributed by atoms with van der Waals surface area (Å²) in [6, 6.07) is 9.58. The number of hydrogen-bond donors (Lipinski definition) is 1. The molecule has 0 bridgehead atoms. The SMILES string of the molecule is CN(C)c1ccc(N)c(OCc2ccc(Br)cn2)c1. The molecular formula is C14H16BrN3O. The molecule has 0 atom stereocenters. The summed E-state index contributed by atoms with van der Waals surface area (Å²) in [6.07, 6.45) is 1.75. The molecule has 0 fully saturated rings. The number of benzene rings is 1. The van der Waals surface area contributed by atoms with E-state index < -0.39 is 0 Å². The van der Waals surface area contributed by atoms with Crippen LogP contribution in [0.1, 0.15) is 5.69 Å². The summed E-state index contributed by atoms with van der Waals surface area (Å²) in [5.74, 6) is 0.677. The standard InChI is InChI=1S/C14H16BrN3O/c1-18(2)12-5-6-13(16)14(7-12)19-9-11-4-3-10(15)8-17-11/h3-8H,9,16H2,1-2H3. The van der Waals surface area contributed by atoms with E-state index in [4.69, 9.17) is 10.5 Å². The molecule has 100 valence electrons. The Labute approximate surface area is 121 Å². The van der Waals surface area contributed by atoms with Gasteiger partial charge in [0.25, 0.3) is 0 Å². The summed E-state index contributed by atoms with van der Waals surface area (Å²) in [5.41, 5.74) is 8.44. The first kappa shape index (κ1) is 13.7. The minimum absolute atomic E-state index is 0.397. The lowest BCUT2D eigenvalue weighted by atomic mass is 10.2. The lowest BCUT2D eigenvalue weighted by Gasteiger charge is -2.15. The van der Waals surface area contributed by atoms with Crippen LogP contribution in [0.15, 0.2) is 41.0 Å². The number of nitrogens with two attached hydrogens (primary N) is 1. The first-order chi connectivity index (χ1) is 9.06. The molecule has 5 heteroatoms. The summed E-state index contributed by atoms with van der Waals surface area (Å²) in [7, 11) is 3.96. The minimum atomic E-state index is 0.397. The van der Waals surface area contributed by atoms with E-state index in [9.17, 15) is 0 Å². The van der Waals surface area contributed by atoms with Crippen LogP contribution in [0.2, 0.25) is 0 Å². The van der Waals surface area contributed by atoms with Gasteiger partial charge in [-0.25, -0.2) is 0 Å². The molecule has 0 aliphatic heterocycles. The van der Waals surface area contributed by atoms with E-state index in [1.165, 1.54) is 0 Å². The molecule has 0 saturated carbocycles. The predicted molar refractivity (Wildman–Crippen MR) is 81.5 cm³/mol. The van der Waals surface area contributed by atoms with Gasteiger partial charge in [0.15, 0.2) is 0 Å². The Balaban J connectivity index is 2.10. The maximum absolute atomic E-state index is 5.91. The molecule has 0 spiro atoms. The predicted octanol–water partition coefficient (Wildman–Crippen LogP) is 3.07. The van der Waals surface area contributed by atoms with Gasteiger partial charge in [-0.1, -0.05) is 0 Å². The topological polar surface area (TPSA) is 51.4 Å². The second-order valence-corrected chi connectivity index (χ2v) is 5.29. The van der Waals surface area contributed by atoms with Gasteiger partial charge in [0.2, 0.25) is 0 Å². The zero-order valence-electron chi connectivity index (χ0n) is 10.9. The van der Waals surface area contributed by atoms with Crippen LogP contribution in [0.5, 0.6) is 5.75 Å². The molecular weight excluding hydrogens is 306 g/mol. The van der Waals surface area contributed by atoms with E-state index in [-0.39, 0.29) is 0 Å². The first-order valence-electron chi connectivity index (χ1n) is 5.86. The Morgan fingerprint density at radius 2 is 2.05 bits per heavy atom. The van der Waals surface area contributed by atoms with Crippen molar-refractivity contribution >= 4 is 27.3 Å². The molecule has 1 aromatic carbocycles. The Morgan fingerprint density at radius 3 is 2.68 bits per heavy atom. The molecule has 19 heavy (non-hydrogen) atoms. The van der Waals surface area contributed by atoms with Crippen LogP contribution in [0.4, 0.5) is 11.4 Å². The Kier molecular flexibility index (Phi) is 4.27. The quantitative estimate of drug-likeness (QED) is 0.879. The third-order valence-electron chi connectivity index (χ3n) is 2.68. The number of pyridine rings is 1. The zero-order valence-corrected chi connectivity index (χ0v) is 12.5. The number of rotatable bonds is 4. The van der Waals surface area contributed by atoms with E-state index >= 15 is 0 Å². The van der Waals surface area contributed by atoms with Crippen molar-refractivity contribution in [2.45, 2.75) is 6.61 Å². The summed E-state index contributed by atoms with van der Waals surface area (Å²) in [4.78, 5) is 6.26. The van der Waals surface area contributed by atoms with Crippen LogP contribution < -0.4 is 15.4 Å². The molecule has 1 aromatic heterocycles. The number of anilines is 2. The van der Waals surface area contributed by atoms with E-state index in [1.807, 2.05) is 49.3 Å². The van der Waals surface area contributed by atoms with E-state index in [1.54, 1.807) is 6.20 Å². The molecule has 0 saturated heterocycles. The van der Waals surface area contributed by atoms with Crippen LogP contribution in [-0.2, 0) is 6.61 Å². The van der Waals surface area contributed by atoms with Crippen LogP contribution in [0.25, 0.3) is 0 Å². The van der Waals surface area contributed by atoms with Gasteiger partial charge >= 0.3 is 0 Å². The zero-order chi connectivity index (χ0) is 13.8. The minimum Gasteiger partial charge on any atom is -0.485 e. The van der Waals surface area contributed by atoms with Crippen molar-refractivity contribution in [1.82, 2.24) is 4.98 Å². The number of aromatic nitrogens is 1. The van der Waals surface area contributed by atoms with Crippen molar-refractivity contribution < 1.29 is 4.74 Å². The van der Waals surface area contributed by atoms with Crippen LogP contribution >= 0.6 is 15.9 Å². The van der Waals surface area contributed by atoms with Crippen LogP contribution in [-0.4, -0.2) is 19.1 Å². The molecule has 4 nitrogen and oxygen atoms in total. The Bertz CT molecular complexity index is 555. The number of nitrogens with zero attached hydrogens (tertiary/aromatic N) is 2. The van der Waals surface area contributed by atoms with Crippen molar-refractivity contribution in [2.75, 3.05) is 24.7 Å². The number of halogens is 1. The van der Waals surface area contributed by atoms with Crippen molar-refractivity contribution in [3.05, 3.63) is 46.7 Å². The smallest absolute Gasteiger partial charge is 0.144 e. The highest BCUT2D eigenvalue weighted by Gasteiger charge is 2.05. The van der Waals surface area contributed by atoms with E-state index in [2.05, 4.69) is 20.9 Å². The maximum atomic E-state index is 5.91. The first-order valence-corrected chi connectivity index (χ1v) is 6.65. The number of ether oxygens (including phenoxy) is 1. The third-order valence-corrected chi connectivity index (χ3v) is 3.15. The highest BCUT2D eigenvalue weighted by molar-refractivity contribution is 9.10. The molecule has 2 aromatic rings. The van der Waals surface area contributed by atoms with E-state index in [0.29, 0.717) is 18.0 Å². The summed E-state index contributed by atoms with van der Waals surface area (Å²) in [5, 5.41) is 0. The average Bonchev–Trinajstić information content (AvgIpc) is 2.39. The monoisotopic (exact) mass is 321 g/mol. The Morgan fingerprint density at radius 1 is 1.26 bits per heavy atom. The van der Waals surface area contributed by atoms with E-state index in [0.717, 1.165) is 15.9 Å². The van der Waals surface area contributed by atoms with Gasteiger partial charge in [-0.3, -0.25) is 4.98 Å². The number of hydrogen-bond acceptors (Lipinski definition) is 4. The van der Waals surface area contributed by atoms with Gasteiger partial charge in [-0.15, -0.1) is 0 Å². The van der Waals surface area contributed by atoms with Crippen LogP contribution in [0, 0.1) is 0 Å². The fourth-order valence-corrected chi connectivity index (χ4v) is 1.80. The summed E-state index contributed by atoms with van der Waals surface area (Å²) < 4.78 is 6.67. The Hall–Kier alpha value is -1.75. The van der Waals surface area contributed by atoms with Gasteiger partial charge in [-0.2, -0.15) is 0 Å². The maximum Gasteiger partial charge on any atom is 0.144 e. The van der Waals surface area contributed by atoms with Crippen LogP contribution in [0.3, 0.4) is 0 Å². The lowest BCUT2D eigenvalue weighted by Crippen LogP contribution is -2.09. The third kappa shape index (κ3) is 3.61. The highest BCUT2D eigenvalue weighted by atomic mass is 79.9. The fraction of sp³-hybridized carbons (Fsp3) is 0.214. The van der Waals surface area contributed by atoms with Gasteiger partial charge < -0.3 is 15.4 Å². The summed E-state index contributed by atoms with van der Waals surface area (Å²) >= 11 is 3.35. The average molecular weight is 322 g/mol. The largest absolute Gasteiger partial charge is 0.485 e. The molecule has 0 aliphatic carbocycles. The lowest BCUT2D eigenvalue weighted by molar-refractivity contribution is 0.303. The normalized spacial score (nSPS) is 10.3. The molecule has 0 radical (unpaired) electrons. The molecule has 2 N–H and O–H groups in total. The highest BCUT2D eigenvalue weighted by Crippen LogP contribution is 2.27. The van der Waals surface area contributed by atoms with Crippen molar-refractivity contribution in [3.63, 3.8) is 0 Å². The molecule has 0 aliphatic rings. The second kappa shape index (κ2) is 5.93. The van der Waals surface area contributed by atoms with Crippen molar-refractivity contribution in [1.29, 1.82) is 0 Å². The molecule has 0 amide bonds. The molecule has 0 unspecified atom stereocenters. The fourth-order valence-electron chi connectivity index (χ4n) is 1.57. The van der Waals surface area contributed by atoms with Gasteiger partial charge in [-0.05, 0) is 40.2 Å². The molecule has 1 heterocycles. The van der Waals surface area contributed by atoms with Gasteiger partial charge in [0.1, 0.15) is 12.4 Å².